The number of nitrogens with one attached hydrogen (secondary N) is 1. The van der Waals surface area contributed by atoms with Gasteiger partial charge in [0.15, 0.2) is 0 Å². The summed E-state index contributed by atoms with van der Waals surface area (Å²) in [6.07, 6.45) is 0.573. The third kappa shape index (κ3) is 2.61. The highest BCUT2D eigenvalue weighted by Gasteiger charge is 2.26. The number of β-amino-alcohol motifs (C(OH)–C–C–N with tert-alkyl or cyclic N) is 1. The van der Waals surface area contributed by atoms with E-state index < -0.39 is 0 Å². The number of aliphatic hydroxyl groups is 1. The Labute approximate surface area is 106 Å². The Morgan fingerprint density at radius 2 is 2.17 bits per heavy atom. The van der Waals surface area contributed by atoms with Crippen molar-refractivity contribution in [2.75, 3.05) is 37.5 Å². The Morgan fingerprint density at radius 1 is 1.39 bits per heavy atom. The number of hydrogen-bond acceptors (Lipinski definition) is 7. The minimum Gasteiger partial charge on any atom is -0.467 e. The lowest BCUT2D eigenvalue weighted by Gasteiger charge is -2.34. The van der Waals surface area contributed by atoms with Crippen LogP contribution in [-0.4, -0.2) is 53.4 Å². The van der Waals surface area contributed by atoms with Gasteiger partial charge in [-0.25, -0.2) is 0 Å². The normalized spacial score (nSPS) is 23.9. The average molecular weight is 253 g/mol. The van der Waals surface area contributed by atoms with Gasteiger partial charge in [-0.05, 0) is 12.3 Å². The molecule has 0 bridgehead atoms. The van der Waals surface area contributed by atoms with Crippen LogP contribution in [0.2, 0.25) is 0 Å². The molecule has 1 aliphatic rings. The molecule has 18 heavy (non-hydrogen) atoms. The van der Waals surface area contributed by atoms with Gasteiger partial charge in [-0.1, -0.05) is 6.92 Å². The molecule has 0 spiro atoms. The predicted molar refractivity (Wildman–Crippen MR) is 67.9 cm³/mol. The first kappa shape index (κ1) is 12.8. The highest BCUT2D eigenvalue weighted by Crippen LogP contribution is 2.22. The number of aliphatic hydroxyl groups excluding tert-OH is 1. The summed E-state index contributed by atoms with van der Waals surface area (Å²) in [5, 5.41) is 12.8. The van der Waals surface area contributed by atoms with Crippen molar-refractivity contribution >= 4 is 11.9 Å². The highest BCUT2D eigenvalue weighted by molar-refractivity contribution is 5.38. The second-order valence-corrected chi connectivity index (χ2v) is 4.48. The summed E-state index contributed by atoms with van der Waals surface area (Å²) in [6, 6.07) is 0.275. The average Bonchev–Trinajstić information content (AvgIpc) is 2.41. The Hall–Kier alpha value is -1.63. The lowest BCUT2D eigenvalue weighted by molar-refractivity contribution is 0.102. The van der Waals surface area contributed by atoms with Gasteiger partial charge in [-0.15, -0.1) is 0 Å². The molecule has 1 aromatic heterocycles. The molecule has 2 heterocycles. The Kier molecular flexibility index (Phi) is 3.81. The van der Waals surface area contributed by atoms with E-state index in [9.17, 15) is 5.11 Å². The number of aromatic nitrogens is 3. The fourth-order valence-corrected chi connectivity index (χ4v) is 1.92. The van der Waals surface area contributed by atoms with Crippen LogP contribution in [0.5, 0.6) is 6.01 Å². The molecule has 1 aliphatic heterocycles. The highest BCUT2D eigenvalue weighted by atomic mass is 16.5. The van der Waals surface area contributed by atoms with Gasteiger partial charge in [0.2, 0.25) is 11.9 Å². The molecule has 0 amide bonds. The number of ether oxygens (including phenoxy) is 1. The third-order valence-corrected chi connectivity index (χ3v) is 3.21. The topological polar surface area (TPSA) is 83.4 Å². The summed E-state index contributed by atoms with van der Waals surface area (Å²) >= 11 is 0. The molecule has 2 N–H and O–H groups in total. The zero-order valence-corrected chi connectivity index (χ0v) is 10.9. The standard InChI is InChI=1S/C11H19N5O2/c1-7-4-5-16(6-8(7)17)10-13-9(12-2)14-11(15-10)18-3/h7-8,17H,4-6H2,1-3H3,(H,12,13,14,15). The van der Waals surface area contributed by atoms with E-state index in [4.69, 9.17) is 4.74 Å². The van der Waals surface area contributed by atoms with E-state index in [2.05, 4.69) is 27.2 Å². The van der Waals surface area contributed by atoms with E-state index in [0.29, 0.717) is 24.4 Å². The second kappa shape index (κ2) is 5.34. The number of anilines is 2. The van der Waals surface area contributed by atoms with E-state index in [-0.39, 0.29) is 12.1 Å². The van der Waals surface area contributed by atoms with E-state index in [0.717, 1.165) is 13.0 Å². The monoisotopic (exact) mass is 253 g/mol. The van der Waals surface area contributed by atoms with Crippen LogP contribution in [0, 0.1) is 5.92 Å². The molecule has 0 aromatic carbocycles. The quantitative estimate of drug-likeness (QED) is 0.792. The smallest absolute Gasteiger partial charge is 0.322 e. The maximum Gasteiger partial charge on any atom is 0.322 e. The Morgan fingerprint density at radius 3 is 2.78 bits per heavy atom. The molecule has 1 saturated heterocycles. The zero-order valence-electron chi connectivity index (χ0n) is 10.9. The molecule has 2 atom stereocenters. The van der Waals surface area contributed by atoms with Crippen LogP contribution in [0.3, 0.4) is 0 Å². The fourth-order valence-electron chi connectivity index (χ4n) is 1.92. The molecule has 0 aliphatic carbocycles. The molecule has 7 nitrogen and oxygen atoms in total. The Balaban J connectivity index is 2.22. The second-order valence-electron chi connectivity index (χ2n) is 4.48. The van der Waals surface area contributed by atoms with Crippen LogP contribution in [0.1, 0.15) is 13.3 Å². The maximum atomic E-state index is 9.90. The van der Waals surface area contributed by atoms with Gasteiger partial charge in [0, 0.05) is 20.1 Å². The lowest BCUT2D eigenvalue weighted by Crippen LogP contribution is -2.43. The number of hydrogen-bond donors (Lipinski definition) is 2. The van der Waals surface area contributed by atoms with Crippen molar-refractivity contribution in [3.05, 3.63) is 0 Å². The van der Waals surface area contributed by atoms with Crippen molar-refractivity contribution in [1.29, 1.82) is 0 Å². The van der Waals surface area contributed by atoms with Crippen LogP contribution < -0.4 is 15.0 Å². The predicted octanol–water partition coefficient (Wildman–Crippen LogP) is 0.129. The third-order valence-electron chi connectivity index (χ3n) is 3.21. The van der Waals surface area contributed by atoms with Crippen LogP contribution in [0.4, 0.5) is 11.9 Å². The summed E-state index contributed by atoms with van der Waals surface area (Å²) < 4.78 is 5.04. The van der Waals surface area contributed by atoms with Gasteiger partial charge >= 0.3 is 6.01 Å². The molecular formula is C11H19N5O2. The van der Waals surface area contributed by atoms with Gasteiger partial charge in [0.05, 0.1) is 13.2 Å². The number of nitrogens with zero attached hydrogens (tertiary/aromatic N) is 4. The first-order chi connectivity index (χ1) is 8.63. The molecule has 2 rings (SSSR count). The number of piperidine rings is 1. The van der Waals surface area contributed by atoms with E-state index in [1.807, 2.05) is 4.90 Å². The summed E-state index contributed by atoms with van der Waals surface area (Å²) in [4.78, 5) is 14.5. The summed E-state index contributed by atoms with van der Waals surface area (Å²) in [5.74, 6) is 1.32. The van der Waals surface area contributed by atoms with Gasteiger partial charge in [0.1, 0.15) is 0 Å². The minimum atomic E-state index is -0.348. The summed E-state index contributed by atoms with van der Waals surface area (Å²) in [5.41, 5.74) is 0. The van der Waals surface area contributed by atoms with Gasteiger partial charge in [-0.2, -0.15) is 15.0 Å². The minimum absolute atomic E-state index is 0.275. The van der Waals surface area contributed by atoms with Crippen molar-refractivity contribution in [2.45, 2.75) is 19.4 Å². The maximum absolute atomic E-state index is 9.90. The molecule has 0 saturated carbocycles. The van der Waals surface area contributed by atoms with E-state index >= 15 is 0 Å². The summed E-state index contributed by atoms with van der Waals surface area (Å²) in [7, 11) is 3.26. The first-order valence-corrected chi connectivity index (χ1v) is 6.05. The molecule has 2 unspecified atom stereocenters. The van der Waals surface area contributed by atoms with Crippen LogP contribution >= 0.6 is 0 Å². The van der Waals surface area contributed by atoms with Crippen LogP contribution in [-0.2, 0) is 0 Å². The number of rotatable bonds is 3. The number of methoxy groups -OCH3 is 1. The largest absolute Gasteiger partial charge is 0.467 e. The van der Waals surface area contributed by atoms with Crippen molar-refractivity contribution in [1.82, 2.24) is 15.0 Å². The van der Waals surface area contributed by atoms with Gasteiger partial charge in [-0.3, -0.25) is 0 Å². The zero-order chi connectivity index (χ0) is 13.1. The van der Waals surface area contributed by atoms with Crippen molar-refractivity contribution in [2.24, 2.45) is 5.92 Å². The lowest BCUT2D eigenvalue weighted by atomic mass is 9.96. The molecule has 1 aromatic rings. The van der Waals surface area contributed by atoms with Crippen molar-refractivity contribution in [3.8, 4) is 6.01 Å². The van der Waals surface area contributed by atoms with Crippen LogP contribution in [0.25, 0.3) is 0 Å². The molecular weight excluding hydrogens is 234 g/mol. The summed E-state index contributed by atoms with van der Waals surface area (Å²) in [6.45, 7) is 3.42. The van der Waals surface area contributed by atoms with Gasteiger partial charge in [0.25, 0.3) is 0 Å². The first-order valence-electron chi connectivity index (χ1n) is 6.05. The SMILES string of the molecule is CNc1nc(OC)nc(N2CCC(C)C(O)C2)n1. The van der Waals surface area contributed by atoms with E-state index in [1.54, 1.807) is 7.05 Å². The fraction of sp³-hybridized carbons (Fsp3) is 0.727. The molecule has 0 radical (unpaired) electrons. The molecule has 100 valence electrons. The Bertz CT molecular complexity index is 392. The molecule has 1 fully saturated rings. The molecule has 7 heteroatoms. The van der Waals surface area contributed by atoms with E-state index in [1.165, 1.54) is 7.11 Å². The van der Waals surface area contributed by atoms with Crippen LogP contribution in [0.15, 0.2) is 0 Å². The van der Waals surface area contributed by atoms with Crippen molar-refractivity contribution in [3.63, 3.8) is 0 Å². The van der Waals surface area contributed by atoms with Gasteiger partial charge < -0.3 is 20.1 Å². The van der Waals surface area contributed by atoms with Crippen molar-refractivity contribution < 1.29 is 9.84 Å².